The third kappa shape index (κ3) is 5.55. The van der Waals surface area contributed by atoms with Gasteiger partial charge < -0.3 is 20.1 Å². The Morgan fingerprint density at radius 2 is 2.20 bits per heavy atom. The van der Waals surface area contributed by atoms with Crippen molar-refractivity contribution in [2.24, 2.45) is 5.92 Å². The number of anilines is 1. The van der Waals surface area contributed by atoms with Crippen LogP contribution in [0, 0.1) is 5.92 Å². The van der Waals surface area contributed by atoms with Gasteiger partial charge in [-0.3, -0.25) is 9.78 Å². The molecule has 2 aromatic rings. The number of hydrogen-bond donors (Lipinski definition) is 2. The summed E-state index contributed by atoms with van der Waals surface area (Å²) >= 11 is 6.39. The third-order valence-corrected chi connectivity index (χ3v) is 5.51. The van der Waals surface area contributed by atoms with Crippen molar-refractivity contribution in [2.45, 2.75) is 25.4 Å². The molecule has 0 bridgehead atoms. The van der Waals surface area contributed by atoms with Gasteiger partial charge >= 0.3 is 0 Å². The van der Waals surface area contributed by atoms with Crippen LogP contribution in [0.4, 0.5) is 5.82 Å². The highest BCUT2D eigenvalue weighted by Crippen LogP contribution is 2.28. The fourth-order valence-electron chi connectivity index (χ4n) is 3.51. The molecule has 1 atom stereocenters. The lowest BCUT2D eigenvalue weighted by atomic mass is 10.0. The van der Waals surface area contributed by atoms with Crippen LogP contribution in [0.5, 0.6) is 0 Å². The molecule has 160 valence electrons. The van der Waals surface area contributed by atoms with E-state index in [2.05, 4.69) is 20.6 Å². The first-order valence-electron chi connectivity index (χ1n) is 11.3. The molecule has 0 spiro atoms. The summed E-state index contributed by atoms with van der Waals surface area (Å²) < 4.78 is 27.8. The van der Waals surface area contributed by atoms with Gasteiger partial charge in [0.25, 0.3) is 0 Å². The summed E-state index contributed by atoms with van der Waals surface area (Å²) in [5, 5.41) is 6.50. The molecule has 2 aliphatic heterocycles. The summed E-state index contributed by atoms with van der Waals surface area (Å²) in [6.45, 7) is 1.29. The summed E-state index contributed by atoms with van der Waals surface area (Å²) in [4.78, 5) is 21.4. The lowest BCUT2D eigenvalue weighted by molar-refractivity contribution is -0.131. The molecule has 0 aromatic carbocycles. The van der Waals surface area contributed by atoms with Crippen molar-refractivity contribution < 1.29 is 17.0 Å². The zero-order chi connectivity index (χ0) is 22.6. The normalized spacial score (nSPS) is 21.6. The van der Waals surface area contributed by atoms with E-state index in [0.717, 1.165) is 6.54 Å². The third-order valence-electron chi connectivity index (χ3n) is 5.20. The SMILES string of the molecule is [2H]C([2H])(Nc1cccc(-c2cc(CC(=O)[C@H]3CNCCO3)ncc2Cl)n1)C1CCOCC1. The lowest BCUT2D eigenvalue weighted by Crippen LogP contribution is -2.43. The van der Waals surface area contributed by atoms with Crippen LogP contribution in [-0.4, -0.2) is 61.3 Å². The Morgan fingerprint density at radius 1 is 1.33 bits per heavy atom. The van der Waals surface area contributed by atoms with E-state index < -0.39 is 12.6 Å². The molecule has 4 heterocycles. The molecule has 2 saturated heterocycles. The Hall–Kier alpha value is -2.06. The number of nitrogens with one attached hydrogen (secondary N) is 2. The van der Waals surface area contributed by atoms with E-state index in [1.807, 2.05) is 0 Å². The monoisotopic (exact) mass is 432 g/mol. The van der Waals surface area contributed by atoms with E-state index in [0.29, 0.717) is 67.0 Å². The Balaban J connectivity index is 1.50. The number of morpholine rings is 1. The Bertz CT molecular complexity index is 951. The molecule has 2 fully saturated rings. The molecule has 4 rings (SSSR count). The highest BCUT2D eigenvalue weighted by Gasteiger charge is 2.22. The van der Waals surface area contributed by atoms with Crippen LogP contribution in [0.15, 0.2) is 30.5 Å². The van der Waals surface area contributed by atoms with Crippen molar-refractivity contribution in [1.82, 2.24) is 15.3 Å². The first kappa shape index (κ1) is 18.7. The van der Waals surface area contributed by atoms with Gasteiger partial charge in [0.05, 0.1) is 23.7 Å². The van der Waals surface area contributed by atoms with Crippen LogP contribution >= 0.6 is 11.6 Å². The second-order valence-corrected chi connectivity index (χ2v) is 7.83. The summed E-state index contributed by atoms with van der Waals surface area (Å²) in [5.74, 6) is 0.234. The topological polar surface area (TPSA) is 85.4 Å². The molecule has 2 N–H and O–H groups in total. The smallest absolute Gasteiger partial charge is 0.168 e. The molecular weight excluding hydrogens is 404 g/mol. The van der Waals surface area contributed by atoms with Crippen molar-refractivity contribution in [3.8, 4) is 11.3 Å². The Labute approximate surface area is 184 Å². The summed E-state index contributed by atoms with van der Waals surface area (Å²) in [6, 6.07) is 7.09. The second kappa shape index (κ2) is 10.3. The first-order valence-corrected chi connectivity index (χ1v) is 10.6. The van der Waals surface area contributed by atoms with E-state index in [-0.39, 0.29) is 18.1 Å². The minimum absolute atomic E-state index is 0.0361. The fourth-order valence-corrected chi connectivity index (χ4v) is 3.71. The molecule has 0 amide bonds. The van der Waals surface area contributed by atoms with Gasteiger partial charge in [0.1, 0.15) is 11.9 Å². The van der Waals surface area contributed by atoms with Gasteiger partial charge in [-0.15, -0.1) is 0 Å². The number of hydrogen-bond acceptors (Lipinski definition) is 7. The number of pyridine rings is 2. The average Bonchev–Trinajstić information content (AvgIpc) is 2.81. The Morgan fingerprint density at radius 3 is 3.00 bits per heavy atom. The quantitative estimate of drug-likeness (QED) is 0.695. The number of rotatable bonds is 7. The fraction of sp³-hybridized carbons (Fsp3) is 0.500. The van der Waals surface area contributed by atoms with Gasteiger partial charge in [-0.2, -0.15) is 0 Å². The van der Waals surface area contributed by atoms with Crippen LogP contribution in [-0.2, 0) is 20.7 Å². The summed E-state index contributed by atoms with van der Waals surface area (Å²) in [5.41, 5.74) is 1.80. The maximum atomic E-state index is 12.5. The number of Topliss-reactive ketones (excluding diaryl/α,β-unsaturated/α-hetero) is 1. The van der Waals surface area contributed by atoms with Gasteiger partial charge in [0.15, 0.2) is 5.78 Å². The van der Waals surface area contributed by atoms with Crippen molar-refractivity contribution in [3.63, 3.8) is 0 Å². The van der Waals surface area contributed by atoms with Gasteiger partial charge in [-0.05, 0) is 37.0 Å². The average molecular weight is 433 g/mol. The molecule has 0 unspecified atom stereocenters. The molecule has 0 saturated carbocycles. The van der Waals surface area contributed by atoms with E-state index in [1.54, 1.807) is 24.3 Å². The van der Waals surface area contributed by atoms with Gasteiger partial charge in [-0.1, -0.05) is 17.7 Å². The van der Waals surface area contributed by atoms with Gasteiger partial charge in [-0.25, -0.2) is 4.98 Å². The molecule has 7 nitrogen and oxygen atoms in total. The predicted molar refractivity (Wildman–Crippen MR) is 116 cm³/mol. The highest BCUT2D eigenvalue weighted by molar-refractivity contribution is 6.33. The van der Waals surface area contributed by atoms with E-state index in [4.69, 9.17) is 23.8 Å². The molecule has 0 aliphatic carbocycles. The molecule has 30 heavy (non-hydrogen) atoms. The van der Waals surface area contributed by atoms with Crippen LogP contribution < -0.4 is 10.6 Å². The van der Waals surface area contributed by atoms with Crippen LogP contribution in [0.25, 0.3) is 11.3 Å². The highest BCUT2D eigenvalue weighted by atomic mass is 35.5. The number of aromatic nitrogens is 2. The number of nitrogens with zero attached hydrogens (tertiary/aromatic N) is 2. The largest absolute Gasteiger partial charge is 0.381 e. The zero-order valence-electron chi connectivity index (χ0n) is 18.7. The van der Waals surface area contributed by atoms with Crippen LogP contribution in [0.3, 0.4) is 0 Å². The van der Waals surface area contributed by atoms with Crippen LogP contribution in [0.2, 0.25) is 5.02 Å². The van der Waals surface area contributed by atoms with Crippen molar-refractivity contribution in [3.05, 3.63) is 41.2 Å². The second-order valence-electron chi connectivity index (χ2n) is 7.43. The zero-order valence-corrected chi connectivity index (χ0v) is 17.5. The van der Waals surface area contributed by atoms with Gasteiger partial charge in [0, 0.05) is 53.0 Å². The maximum Gasteiger partial charge on any atom is 0.168 e. The lowest BCUT2D eigenvalue weighted by Gasteiger charge is -2.22. The molecule has 2 aromatic heterocycles. The summed E-state index contributed by atoms with van der Waals surface area (Å²) in [6.07, 6.45) is 2.51. The number of ether oxygens (including phenoxy) is 2. The minimum atomic E-state index is -1.61. The Kier molecular flexibility index (Phi) is 6.42. The minimum Gasteiger partial charge on any atom is -0.381 e. The van der Waals surface area contributed by atoms with E-state index in [1.165, 1.54) is 6.20 Å². The van der Waals surface area contributed by atoms with Crippen molar-refractivity contribution in [1.29, 1.82) is 0 Å². The molecule has 2 aliphatic rings. The van der Waals surface area contributed by atoms with Crippen molar-refractivity contribution in [2.75, 3.05) is 44.7 Å². The first-order chi connectivity index (χ1) is 15.4. The predicted octanol–water partition coefficient (Wildman–Crippen LogP) is 2.74. The number of carbonyl (C=O) groups excluding carboxylic acids is 1. The summed E-state index contributed by atoms with van der Waals surface area (Å²) in [7, 11) is 0. The molecule has 0 radical (unpaired) electrons. The standard InChI is InChI=1S/C22H27ClN4O3/c23-18-13-25-16(11-20(28)21-14-24-6-9-30-21)10-17(18)19-2-1-3-22(27-19)26-12-15-4-7-29-8-5-15/h1-3,10,13,15,21,24H,4-9,11-12,14H2,(H,26,27)/t21-/m1/s1/i12D2. The van der Waals surface area contributed by atoms with Gasteiger partial charge in [0.2, 0.25) is 0 Å². The maximum absolute atomic E-state index is 12.5. The number of carbonyl (C=O) groups is 1. The van der Waals surface area contributed by atoms with Crippen LogP contribution in [0.1, 0.15) is 21.3 Å². The van der Waals surface area contributed by atoms with Crippen molar-refractivity contribution >= 4 is 23.2 Å². The van der Waals surface area contributed by atoms with E-state index >= 15 is 0 Å². The van der Waals surface area contributed by atoms with E-state index in [9.17, 15) is 4.79 Å². The number of ketones is 1. The molecular formula is C22H27ClN4O3. The molecule has 8 heteroatoms. The number of halogens is 1.